The molecule has 0 bridgehead atoms. The summed E-state index contributed by atoms with van der Waals surface area (Å²) in [5.41, 5.74) is 0.742. The van der Waals surface area contributed by atoms with Crippen molar-refractivity contribution >= 4 is 17.8 Å². The molecule has 3 rings (SSSR count). The average molecular weight is 517 g/mol. The second-order valence-corrected chi connectivity index (χ2v) is 8.53. The van der Waals surface area contributed by atoms with E-state index in [-0.39, 0.29) is 43.6 Å². The van der Waals surface area contributed by atoms with Crippen LogP contribution in [-0.4, -0.2) is 80.2 Å². The maximum atomic E-state index is 13.0. The van der Waals surface area contributed by atoms with Gasteiger partial charge in [0.15, 0.2) is 23.2 Å². The first-order chi connectivity index (χ1) is 17.8. The molecule has 1 amide bonds. The molecule has 11 nitrogen and oxygen atoms in total. The number of pyridine rings is 1. The lowest BCUT2D eigenvalue weighted by atomic mass is 9.91. The number of rotatable bonds is 9. The summed E-state index contributed by atoms with van der Waals surface area (Å²) >= 11 is 0. The van der Waals surface area contributed by atoms with Crippen molar-refractivity contribution in [1.82, 2.24) is 10.3 Å². The molecule has 1 aliphatic heterocycles. The normalized spacial score (nSPS) is 22.1. The Labute approximate surface area is 215 Å². The van der Waals surface area contributed by atoms with Gasteiger partial charge in [-0.3, -0.25) is 9.59 Å². The maximum Gasteiger partial charge on any atom is 0.331 e. The topological polar surface area (TPSA) is 143 Å². The molecule has 0 saturated carbocycles. The molecule has 1 fully saturated rings. The molecule has 4 atom stereocenters. The van der Waals surface area contributed by atoms with Crippen molar-refractivity contribution in [2.45, 2.75) is 38.0 Å². The number of cyclic esters (lactones) is 1. The van der Waals surface area contributed by atoms with Crippen LogP contribution in [0.25, 0.3) is 0 Å². The van der Waals surface area contributed by atoms with Crippen molar-refractivity contribution < 1.29 is 43.2 Å². The van der Waals surface area contributed by atoms with E-state index in [1.807, 2.05) is 30.3 Å². The summed E-state index contributed by atoms with van der Waals surface area (Å²) in [7, 11) is 2.64. The summed E-state index contributed by atoms with van der Waals surface area (Å²) in [6, 6.07) is 9.97. The minimum atomic E-state index is -1.16. The lowest BCUT2D eigenvalue weighted by Gasteiger charge is -2.30. The smallest absolute Gasteiger partial charge is 0.331 e. The number of hydrogen-bond acceptors (Lipinski definition) is 10. The largest absolute Gasteiger partial charge is 0.503 e. The third-order valence-electron chi connectivity index (χ3n) is 5.94. The molecule has 1 saturated heterocycles. The third kappa shape index (κ3) is 7.64. The van der Waals surface area contributed by atoms with Crippen molar-refractivity contribution in [3.8, 4) is 11.5 Å². The second kappa shape index (κ2) is 13.6. The van der Waals surface area contributed by atoms with E-state index < -0.39 is 41.8 Å². The van der Waals surface area contributed by atoms with E-state index in [1.54, 1.807) is 6.92 Å². The van der Waals surface area contributed by atoms with Gasteiger partial charge in [0.1, 0.15) is 6.10 Å². The van der Waals surface area contributed by atoms with Crippen molar-refractivity contribution in [2.75, 3.05) is 34.0 Å². The summed E-state index contributed by atoms with van der Waals surface area (Å²) in [6.07, 6.45) is 0.612. The highest BCUT2D eigenvalue weighted by Crippen LogP contribution is 2.28. The van der Waals surface area contributed by atoms with E-state index in [4.69, 9.17) is 18.9 Å². The van der Waals surface area contributed by atoms with Crippen LogP contribution in [0.5, 0.6) is 11.5 Å². The highest BCUT2D eigenvalue weighted by molar-refractivity contribution is 5.98. The van der Waals surface area contributed by atoms with Gasteiger partial charge in [-0.05, 0) is 18.9 Å². The Morgan fingerprint density at radius 2 is 1.92 bits per heavy atom. The van der Waals surface area contributed by atoms with E-state index in [1.165, 1.54) is 26.5 Å². The van der Waals surface area contributed by atoms with E-state index in [9.17, 15) is 19.5 Å². The number of methoxy groups -OCH3 is 2. The summed E-state index contributed by atoms with van der Waals surface area (Å²) in [5.74, 6) is -2.54. The molecule has 2 heterocycles. The molecule has 2 N–H and O–H groups in total. The molecule has 1 aromatic carbocycles. The van der Waals surface area contributed by atoms with Crippen LogP contribution >= 0.6 is 0 Å². The van der Waals surface area contributed by atoms with Gasteiger partial charge in [-0.15, -0.1) is 0 Å². The lowest BCUT2D eigenvalue weighted by Crippen LogP contribution is -2.46. The highest BCUT2D eigenvalue weighted by Gasteiger charge is 2.36. The van der Waals surface area contributed by atoms with E-state index in [2.05, 4.69) is 15.0 Å². The Morgan fingerprint density at radius 3 is 2.62 bits per heavy atom. The van der Waals surface area contributed by atoms with Gasteiger partial charge in [-0.2, -0.15) is 0 Å². The van der Waals surface area contributed by atoms with Crippen LogP contribution in [0.1, 0.15) is 29.4 Å². The second-order valence-electron chi connectivity index (χ2n) is 8.53. The van der Waals surface area contributed by atoms with Crippen molar-refractivity contribution in [2.24, 2.45) is 5.92 Å². The standard InChI is InChI=1S/C26H32N2O9/c1-16-24(36-12-10-21(29)34-3)18(13-17-7-5-4-6-8-17)14-35-15-19(26(32)37-16)28-25(31)22-23(30)20(33-2)9-11-27-22/h4-9,11,16,18-19,24,30H,10,12-15H2,1-3H3,(H,28,31)/t16-,18-,19-,24-/m0/s1. The molecule has 11 heteroatoms. The molecule has 37 heavy (non-hydrogen) atoms. The van der Waals surface area contributed by atoms with Gasteiger partial charge in [-0.1, -0.05) is 30.3 Å². The first-order valence-electron chi connectivity index (χ1n) is 11.9. The first-order valence-corrected chi connectivity index (χ1v) is 11.9. The lowest BCUT2D eigenvalue weighted by molar-refractivity contribution is -0.161. The predicted molar refractivity (Wildman–Crippen MR) is 130 cm³/mol. The fourth-order valence-electron chi connectivity index (χ4n) is 4.05. The van der Waals surface area contributed by atoms with Crippen LogP contribution in [0.4, 0.5) is 0 Å². The number of amides is 1. The van der Waals surface area contributed by atoms with Crippen molar-refractivity contribution in [1.29, 1.82) is 0 Å². The first kappa shape index (κ1) is 27.9. The van der Waals surface area contributed by atoms with Gasteiger partial charge in [0.25, 0.3) is 5.91 Å². The number of aromatic nitrogens is 1. The zero-order valence-corrected chi connectivity index (χ0v) is 21.0. The molecule has 0 unspecified atom stereocenters. The number of esters is 2. The predicted octanol–water partition coefficient (Wildman–Crippen LogP) is 1.66. The van der Waals surface area contributed by atoms with Gasteiger partial charge in [0.2, 0.25) is 0 Å². The number of nitrogens with zero attached hydrogens (tertiary/aromatic N) is 1. The van der Waals surface area contributed by atoms with E-state index in [0.29, 0.717) is 6.42 Å². The average Bonchev–Trinajstić information content (AvgIpc) is 2.94. The number of carbonyl (C=O) groups excluding carboxylic acids is 3. The third-order valence-corrected chi connectivity index (χ3v) is 5.94. The van der Waals surface area contributed by atoms with Crippen LogP contribution in [0, 0.1) is 5.92 Å². The summed E-state index contributed by atoms with van der Waals surface area (Å²) < 4.78 is 27.3. The van der Waals surface area contributed by atoms with E-state index >= 15 is 0 Å². The summed E-state index contributed by atoms with van der Waals surface area (Å²) in [6.45, 7) is 1.81. The molecule has 1 aliphatic rings. The maximum absolute atomic E-state index is 13.0. The fraction of sp³-hybridized carbons (Fsp3) is 0.462. The van der Waals surface area contributed by atoms with Gasteiger partial charge in [0.05, 0.1) is 46.6 Å². The number of hydrogen-bond donors (Lipinski definition) is 2. The molecule has 1 aromatic heterocycles. The molecule has 200 valence electrons. The number of aromatic hydroxyl groups is 1. The summed E-state index contributed by atoms with van der Waals surface area (Å²) in [5, 5.41) is 12.8. The minimum Gasteiger partial charge on any atom is -0.503 e. The molecular weight excluding hydrogens is 484 g/mol. The van der Waals surface area contributed by atoms with Crippen LogP contribution in [-0.2, 0) is 35.0 Å². The van der Waals surface area contributed by atoms with Crippen LogP contribution in [0.15, 0.2) is 42.6 Å². The molecule has 2 aromatic rings. The van der Waals surface area contributed by atoms with Crippen molar-refractivity contribution in [3.05, 3.63) is 53.9 Å². The Balaban J connectivity index is 1.77. The Morgan fingerprint density at radius 1 is 1.16 bits per heavy atom. The van der Waals surface area contributed by atoms with Gasteiger partial charge in [0, 0.05) is 18.2 Å². The molecule has 0 radical (unpaired) electrons. The van der Waals surface area contributed by atoms with E-state index in [0.717, 1.165) is 5.56 Å². The Bertz CT molecular complexity index is 1060. The Kier molecular flexibility index (Phi) is 10.2. The van der Waals surface area contributed by atoms with Gasteiger partial charge >= 0.3 is 11.9 Å². The van der Waals surface area contributed by atoms with Gasteiger partial charge < -0.3 is 34.1 Å². The fourth-order valence-corrected chi connectivity index (χ4v) is 4.05. The summed E-state index contributed by atoms with van der Waals surface area (Å²) in [4.78, 5) is 41.3. The quantitative estimate of drug-likeness (QED) is 0.473. The SMILES string of the molecule is COC(=O)CCO[C@@H]1[C@@H](Cc2ccccc2)COC[C@H](NC(=O)c2nccc(OC)c2O)C(=O)O[C@H]1C. The van der Waals surface area contributed by atoms with Crippen LogP contribution in [0.3, 0.4) is 0 Å². The Hall–Kier alpha value is -3.70. The zero-order valence-electron chi connectivity index (χ0n) is 21.0. The van der Waals surface area contributed by atoms with Crippen LogP contribution in [0.2, 0.25) is 0 Å². The number of benzene rings is 1. The minimum absolute atomic E-state index is 0.0439. The number of ether oxygens (including phenoxy) is 5. The highest BCUT2D eigenvalue weighted by atomic mass is 16.6. The van der Waals surface area contributed by atoms with Crippen molar-refractivity contribution in [3.63, 3.8) is 0 Å². The number of carbonyl (C=O) groups is 3. The zero-order chi connectivity index (χ0) is 26.8. The molecule has 0 aliphatic carbocycles. The van der Waals surface area contributed by atoms with Gasteiger partial charge in [-0.25, -0.2) is 9.78 Å². The molecule has 0 spiro atoms. The number of nitrogens with one attached hydrogen (secondary N) is 1. The molecular formula is C26H32N2O9. The van der Waals surface area contributed by atoms with Crippen LogP contribution < -0.4 is 10.1 Å². The monoisotopic (exact) mass is 516 g/mol.